The van der Waals surface area contributed by atoms with Gasteiger partial charge in [-0.05, 0) is 31.5 Å². The molecule has 1 amide bonds. The zero-order chi connectivity index (χ0) is 15.9. The van der Waals surface area contributed by atoms with Gasteiger partial charge in [0.25, 0.3) is 5.91 Å². The lowest BCUT2D eigenvalue weighted by Gasteiger charge is -2.11. The highest BCUT2D eigenvalue weighted by molar-refractivity contribution is 7.13. The predicted molar refractivity (Wildman–Crippen MR) is 88.2 cm³/mol. The van der Waals surface area contributed by atoms with E-state index in [4.69, 9.17) is 9.47 Å². The third-order valence-electron chi connectivity index (χ3n) is 3.02. The molecule has 0 spiro atoms. The molecular formula is C16H20N2O3S. The summed E-state index contributed by atoms with van der Waals surface area (Å²) in [6.07, 6.45) is 2.05. The van der Waals surface area contributed by atoms with Crippen LogP contribution in [0.2, 0.25) is 0 Å². The summed E-state index contributed by atoms with van der Waals surface area (Å²) in [5.41, 5.74) is 1.39. The number of ether oxygens (including phenoxy) is 2. The average Bonchev–Trinajstić information content (AvgIpc) is 2.92. The van der Waals surface area contributed by atoms with Crippen molar-refractivity contribution in [3.05, 3.63) is 34.8 Å². The van der Waals surface area contributed by atoms with Gasteiger partial charge in [0.05, 0.1) is 19.4 Å². The summed E-state index contributed by atoms with van der Waals surface area (Å²) in [4.78, 5) is 16.4. The topological polar surface area (TPSA) is 60.5 Å². The van der Waals surface area contributed by atoms with E-state index in [0.29, 0.717) is 28.8 Å². The van der Waals surface area contributed by atoms with Gasteiger partial charge >= 0.3 is 0 Å². The van der Waals surface area contributed by atoms with Crippen molar-refractivity contribution >= 4 is 22.4 Å². The monoisotopic (exact) mass is 320 g/mol. The maximum atomic E-state index is 12.2. The molecule has 22 heavy (non-hydrogen) atoms. The van der Waals surface area contributed by atoms with Crippen molar-refractivity contribution in [3.8, 4) is 11.5 Å². The van der Waals surface area contributed by atoms with E-state index in [1.54, 1.807) is 25.3 Å². The molecule has 5 nitrogen and oxygen atoms in total. The number of aryl methyl sites for hydroxylation is 1. The summed E-state index contributed by atoms with van der Waals surface area (Å²) in [7, 11) is 1.56. The minimum Gasteiger partial charge on any atom is -0.493 e. The summed E-state index contributed by atoms with van der Waals surface area (Å²) >= 11 is 1.40. The molecule has 0 bridgehead atoms. The number of methoxy groups -OCH3 is 1. The molecule has 0 fully saturated rings. The SMILES string of the molecule is CCCCOc1ccc(C(=O)Nc2nc(C)cs2)cc1OC. The van der Waals surface area contributed by atoms with Crippen molar-refractivity contribution in [1.29, 1.82) is 0 Å². The van der Waals surface area contributed by atoms with Gasteiger partial charge in [0.1, 0.15) is 0 Å². The first kappa shape index (κ1) is 16.3. The quantitative estimate of drug-likeness (QED) is 0.786. The lowest BCUT2D eigenvalue weighted by atomic mass is 10.2. The molecule has 0 radical (unpaired) electrons. The third kappa shape index (κ3) is 4.21. The van der Waals surface area contributed by atoms with E-state index < -0.39 is 0 Å². The number of carbonyl (C=O) groups excluding carboxylic acids is 1. The number of thiazole rings is 1. The number of rotatable bonds is 7. The van der Waals surface area contributed by atoms with Crippen LogP contribution in [0.15, 0.2) is 23.6 Å². The standard InChI is InChI=1S/C16H20N2O3S/c1-4-5-8-21-13-7-6-12(9-14(13)20-3)15(19)18-16-17-11(2)10-22-16/h6-7,9-10H,4-5,8H2,1-3H3,(H,17,18,19). The van der Waals surface area contributed by atoms with Crippen LogP contribution in [0.4, 0.5) is 5.13 Å². The van der Waals surface area contributed by atoms with Crippen LogP contribution in [0.25, 0.3) is 0 Å². The first-order valence-electron chi connectivity index (χ1n) is 7.18. The minimum atomic E-state index is -0.215. The maximum Gasteiger partial charge on any atom is 0.257 e. The molecule has 0 aliphatic heterocycles. The number of benzene rings is 1. The van der Waals surface area contributed by atoms with Gasteiger partial charge in [0.15, 0.2) is 16.6 Å². The summed E-state index contributed by atoms with van der Waals surface area (Å²) in [5.74, 6) is 0.990. The number of hydrogen-bond acceptors (Lipinski definition) is 5. The highest BCUT2D eigenvalue weighted by atomic mass is 32.1. The molecule has 0 saturated carbocycles. The smallest absolute Gasteiger partial charge is 0.257 e. The molecule has 0 aliphatic rings. The van der Waals surface area contributed by atoms with Crippen molar-refractivity contribution in [1.82, 2.24) is 4.98 Å². The Labute approximate surface area is 134 Å². The number of hydrogen-bond donors (Lipinski definition) is 1. The van der Waals surface area contributed by atoms with Gasteiger partial charge in [-0.1, -0.05) is 13.3 Å². The summed E-state index contributed by atoms with van der Waals surface area (Å²) < 4.78 is 11.0. The number of anilines is 1. The largest absolute Gasteiger partial charge is 0.493 e. The molecule has 6 heteroatoms. The van der Waals surface area contributed by atoms with Crippen LogP contribution in [0.1, 0.15) is 35.8 Å². The lowest BCUT2D eigenvalue weighted by Crippen LogP contribution is -2.12. The molecule has 0 unspecified atom stereocenters. The zero-order valence-corrected chi connectivity index (χ0v) is 13.8. The fourth-order valence-corrected chi connectivity index (χ4v) is 2.52. The first-order chi connectivity index (χ1) is 10.6. The van der Waals surface area contributed by atoms with Crippen LogP contribution in [0, 0.1) is 6.92 Å². The van der Waals surface area contributed by atoms with Crippen molar-refractivity contribution in [2.24, 2.45) is 0 Å². The Morgan fingerprint density at radius 3 is 2.82 bits per heavy atom. The van der Waals surface area contributed by atoms with E-state index in [9.17, 15) is 4.79 Å². The molecule has 2 rings (SSSR count). The van der Waals surface area contributed by atoms with Crippen LogP contribution in [-0.4, -0.2) is 24.6 Å². The maximum absolute atomic E-state index is 12.2. The van der Waals surface area contributed by atoms with Crippen molar-refractivity contribution in [3.63, 3.8) is 0 Å². The van der Waals surface area contributed by atoms with Gasteiger partial charge in [0.2, 0.25) is 0 Å². The number of unbranched alkanes of at least 4 members (excludes halogenated alkanes) is 1. The molecule has 1 aromatic carbocycles. The van der Waals surface area contributed by atoms with Gasteiger partial charge in [-0.3, -0.25) is 10.1 Å². The van der Waals surface area contributed by atoms with Crippen molar-refractivity contribution in [2.75, 3.05) is 19.0 Å². The highest BCUT2D eigenvalue weighted by Crippen LogP contribution is 2.28. The van der Waals surface area contributed by atoms with E-state index in [2.05, 4.69) is 17.2 Å². The summed E-state index contributed by atoms with van der Waals surface area (Å²) in [6, 6.07) is 5.16. The van der Waals surface area contributed by atoms with Crippen LogP contribution < -0.4 is 14.8 Å². The Morgan fingerprint density at radius 1 is 1.36 bits per heavy atom. The van der Waals surface area contributed by atoms with Crippen LogP contribution in [-0.2, 0) is 0 Å². The van der Waals surface area contributed by atoms with E-state index >= 15 is 0 Å². The molecule has 0 aliphatic carbocycles. The first-order valence-corrected chi connectivity index (χ1v) is 8.06. The number of amides is 1. The molecule has 1 heterocycles. The fourth-order valence-electron chi connectivity index (χ4n) is 1.84. The molecule has 1 N–H and O–H groups in total. The summed E-state index contributed by atoms with van der Waals surface area (Å²) in [5, 5.41) is 5.25. The van der Waals surface area contributed by atoms with Gasteiger partial charge < -0.3 is 9.47 Å². The van der Waals surface area contributed by atoms with Crippen LogP contribution in [0.5, 0.6) is 11.5 Å². The normalized spacial score (nSPS) is 10.3. The van der Waals surface area contributed by atoms with Gasteiger partial charge in [-0.15, -0.1) is 11.3 Å². The third-order valence-corrected chi connectivity index (χ3v) is 3.90. The summed E-state index contributed by atoms with van der Waals surface area (Å²) in [6.45, 7) is 4.63. The number of nitrogens with zero attached hydrogens (tertiary/aromatic N) is 1. The second-order valence-corrected chi connectivity index (χ2v) is 5.67. The van der Waals surface area contributed by atoms with E-state index in [1.165, 1.54) is 11.3 Å². The zero-order valence-electron chi connectivity index (χ0n) is 13.0. The average molecular weight is 320 g/mol. The Bertz CT molecular complexity index is 640. The second kappa shape index (κ2) is 7.79. The number of nitrogens with one attached hydrogen (secondary N) is 1. The van der Waals surface area contributed by atoms with Crippen LogP contribution in [0.3, 0.4) is 0 Å². The van der Waals surface area contributed by atoms with Crippen molar-refractivity contribution in [2.45, 2.75) is 26.7 Å². The Kier molecular flexibility index (Phi) is 5.77. The minimum absolute atomic E-state index is 0.215. The molecular weight excluding hydrogens is 300 g/mol. The van der Waals surface area contributed by atoms with Gasteiger partial charge in [-0.25, -0.2) is 4.98 Å². The van der Waals surface area contributed by atoms with E-state index in [1.807, 2.05) is 12.3 Å². The van der Waals surface area contributed by atoms with Crippen LogP contribution >= 0.6 is 11.3 Å². The van der Waals surface area contributed by atoms with E-state index in [0.717, 1.165) is 18.5 Å². The predicted octanol–water partition coefficient (Wildman–Crippen LogP) is 3.89. The van der Waals surface area contributed by atoms with Crippen molar-refractivity contribution < 1.29 is 14.3 Å². The van der Waals surface area contributed by atoms with E-state index in [-0.39, 0.29) is 5.91 Å². The molecule has 0 atom stereocenters. The number of aromatic nitrogens is 1. The fraction of sp³-hybridized carbons (Fsp3) is 0.375. The molecule has 2 aromatic rings. The molecule has 118 valence electrons. The van der Waals surface area contributed by atoms with Gasteiger partial charge in [0, 0.05) is 10.9 Å². The van der Waals surface area contributed by atoms with Gasteiger partial charge in [-0.2, -0.15) is 0 Å². The number of carbonyl (C=O) groups is 1. The second-order valence-electron chi connectivity index (χ2n) is 4.82. The Hall–Kier alpha value is -2.08. The molecule has 1 aromatic heterocycles. The Balaban J connectivity index is 2.09. The lowest BCUT2D eigenvalue weighted by molar-refractivity contribution is 0.102. The highest BCUT2D eigenvalue weighted by Gasteiger charge is 2.12. The Morgan fingerprint density at radius 2 is 2.18 bits per heavy atom. The molecule has 0 saturated heterocycles.